The van der Waals surface area contributed by atoms with Crippen LogP contribution in [0.15, 0.2) is 0 Å². The molecule has 0 aromatic heterocycles. The quantitative estimate of drug-likeness (QED) is 0.784. The van der Waals surface area contributed by atoms with Crippen LogP contribution in [0.1, 0.15) is 57.8 Å². The lowest BCUT2D eigenvalue weighted by Gasteiger charge is -2.32. The Balaban J connectivity index is 1.84. The maximum Gasteiger partial charge on any atom is 0.315 e. The number of amides is 2. The van der Waals surface area contributed by atoms with E-state index < -0.39 is 0 Å². The summed E-state index contributed by atoms with van der Waals surface area (Å²) in [5, 5.41) is 6.22. The van der Waals surface area contributed by atoms with Crippen molar-refractivity contribution in [3.63, 3.8) is 0 Å². The molecule has 0 aromatic rings. The van der Waals surface area contributed by atoms with Gasteiger partial charge in [-0.05, 0) is 25.7 Å². The normalized spacial score (nSPS) is 34.0. The summed E-state index contributed by atoms with van der Waals surface area (Å²) in [6, 6.07) is 0.190. The second-order valence-electron chi connectivity index (χ2n) is 6.30. The van der Waals surface area contributed by atoms with Crippen molar-refractivity contribution in [2.75, 3.05) is 14.2 Å². The number of urea groups is 1. The second kappa shape index (κ2) is 8.59. The highest BCUT2D eigenvalue weighted by molar-refractivity contribution is 5.74. The number of rotatable bonds is 4. The summed E-state index contributed by atoms with van der Waals surface area (Å²) in [7, 11) is 3.47. The van der Waals surface area contributed by atoms with Gasteiger partial charge in [0.2, 0.25) is 0 Å². The molecule has 0 bridgehead atoms. The van der Waals surface area contributed by atoms with Gasteiger partial charge in [-0.15, -0.1) is 0 Å². The zero-order valence-corrected chi connectivity index (χ0v) is 13.4. The lowest BCUT2D eigenvalue weighted by atomic mass is 9.92. The van der Waals surface area contributed by atoms with Crippen molar-refractivity contribution in [1.82, 2.24) is 10.6 Å². The van der Waals surface area contributed by atoms with Gasteiger partial charge in [-0.25, -0.2) is 4.79 Å². The molecule has 0 heterocycles. The second-order valence-corrected chi connectivity index (χ2v) is 6.30. The predicted molar refractivity (Wildman–Crippen MR) is 82.4 cm³/mol. The SMILES string of the molecule is CO[C@@H]1CCCCC[C@@H]1NC(=O)N[C@@H]1CCCC[C@H]1OC. The first-order valence-electron chi connectivity index (χ1n) is 8.37. The Hall–Kier alpha value is -0.810. The zero-order chi connectivity index (χ0) is 15.1. The molecular formula is C16H30N2O3. The summed E-state index contributed by atoms with van der Waals surface area (Å²) < 4.78 is 11.0. The third kappa shape index (κ3) is 4.85. The van der Waals surface area contributed by atoms with Crippen molar-refractivity contribution in [3.05, 3.63) is 0 Å². The number of carbonyl (C=O) groups is 1. The molecule has 2 aliphatic rings. The molecule has 0 saturated heterocycles. The molecule has 5 heteroatoms. The Morgan fingerprint density at radius 2 is 1.19 bits per heavy atom. The summed E-state index contributed by atoms with van der Waals surface area (Å²) in [6.07, 6.45) is 10.3. The molecule has 122 valence electrons. The van der Waals surface area contributed by atoms with Gasteiger partial charge in [-0.2, -0.15) is 0 Å². The van der Waals surface area contributed by atoms with Gasteiger partial charge < -0.3 is 20.1 Å². The van der Waals surface area contributed by atoms with Crippen molar-refractivity contribution >= 4 is 6.03 Å². The van der Waals surface area contributed by atoms with Crippen LogP contribution in [-0.2, 0) is 9.47 Å². The number of methoxy groups -OCH3 is 2. The molecule has 2 fully saturated rings. The van der Waals surface area contributed by atoms with Crippen molar-refractivity contribution in [2.24, 2.45) is 0 Å². The van der Waals surface area contributed by atoms with Crippen molar-refractivity contribution < 1.29 is 14.3 Å². The van der Waals surface area contributed by atoms with Crippen LogP contribution >= 0.6 is 0 Å². The Morgan fingerprint density at radius 3 is 1.71 bits per heavy atom. The van der Waals surface area contributed by atoms with Gasteiger partial charge in [-0.3, -0.25) is 0 Å². The minimum Gasteiger partial charge on any atom is -0.379 e. The Bertz CT molecular complexity index is 325. The van der Waals surface area contributed by atoms with E-state index in [4.69, 9.17) is 9.47 Å². The molecular weight excluding hydrogens is 268 g/mol. The lowest BCUT2D eigenvalue weighted by Crippen LogP contribution is -2.53. The first-order chi connectivity index (χ1) is 10.2. The summed E-state index contributed by atoms with van der Waals surface area (Å²) in [4.78, 5) is 12.3. The van der Waals surface area contributed by atoms with Crippen LogP contribution in [0.5, 0.6) is 0 Å². The lowest BCUT2D eigenvalue weighted by molar-refractivity contribution is 0.0430. The Morgan fingerprint density at radius 1 is 0.762 bits per heavy atom. The molecule has 0 radical (unpaired) electrons. The maximum absolute atomic E-state index is 12.3. The number of ether oxygens (including phenoxy) is 2. The van der Waals surface area contributed by atoms with E-state index in [0.29, 0.717) is 0 Å². The highest BCUT2D eigenvalue weighted by Crippen LogP contribution is 2.22. The van der Waals surface area contributed by atoms with Gasteiger partial charge >= 0.3 is 6.03 Å². The van der Waals surface area contributed by atoms with Crippen molar-refractivity contribution in [3.8, 4) is 0 Å². The molecule has 2 rings (SSSR count). The molecule has 2 saturated carbocycles. The predicted octanol–water partition coefficient (Wildman–Crippen LogP) is 2.59. The molecule has 0 aliphatic heterocycles. The first-order valence-corrected chi connectivity index (χ1v) is 8.37. The average molecular weight is 298 g/mol. The molecule has 4 atom stereocenters. The number of carbonyl (C=O) groups excluding carboxylic acids is 1. The van der Waals surface area contributed by atoms with Crippen LogP contribution in [0.4, 0.5) is 4.79 Å². The molecule has 21 heavy (non-hydrogen) atoms. The van der Waals surface area contributed by atoms with E-state index >= 15 is 0 Å². The van der Waals surface area contributed by atoms with E-state index in [1.807, 2.05) is 0 Å². The monoisotopic (exact) mass is 298 g/mol. The highest BCUT2D eigenvalue weighted by Gasteiger charge is 2.29. The van der Waals surface area contributed by atoms with E-state index in [2.05, 4.69) is 10.6 Å². The fraction of sp³-hybridized carbons (Fsp3) is 0.938. The molecule has 2 amide bonds. The van der Waals surface area contributed by atoms with Crippen LogP contribution in [0.3, 0.4) is 0 Å². The standard InChI is InChI=1S/C16H30N2O3/c1-20-14-10-5-3-4-8-12(14)17-16(19)18-13-9-6-7-11-15(13)21-2/h12-15H,3-11H2,1-2H3,(H2,17,18,19)/t12-,13+,14+,15+/m0/s1. The number of hydrogen-bond acceptors (Lipinski definition) is 3. The van der Waals surface area contributed by atoms with Crippen LogP contribution in [0, 0.1) is 0 Å². The summed E-state index contributed by atoms with van der Waals surface area (Å²) >= 11 is 0. The minimum atomic E-state index is -0.0714. The molecule has 0 spiro atoms. The fourth-order valence-electron chi connectivity index (χ4n) is 3.64. The van der Waals surface area contributed by atoms with E-state index in [0.717, 1.165) is 38.5 Å². The highest BCUT2D eigenvalue weighted by atomic mass is 16.5. The smallest absolute Gasteiger partial charge is 0.315 e. The summed E-state index contributed by atoms with van der Waals surface area (Å²) in [5.41, 5.74) is 0. The van der Waals surface area contributed by atoms with Crippen LogP contribution in [0.2, 0.25) is 0 Å². The fourth-order valence-corrected chi connectivity index (χ4v) is 3.64. The maximum atomic E-state index is 12.3. The van der Waals surface area contributed by atoms with E-state index in [1.54, 1.807) is 14.2 Å². The first kappa shape index (κ1) is 16.6. The molecule has 5 nitrogen and oxygen atoms in total. The van der Waals surface area contributed by atoms with Gasteiger partial charge in [0.15, 0.2) is 0 Å². The van der Waals surface area contributed by atoms with Gasteiger partial charge in [0.05, 0.1) is 24.3 Å². The van der Waals surface area contributed by atoms with E-state index in [1.165, 1.54) is 19.3 Å². The van der Waals surface area contributed by atoms with Gasteiger partial charge in [0.25, 0.3) is 0 Å². The number of nitrogens with one attached hydrogen (secondary N) is 2. The van der Waals surface area contributed by atoms with Gasteiger partial charge in [-0.1, -0.05) is 32.1 Å². The van der Waals surface area contributed by atoms with Crippen LogP contribution in [0.25, 0.3) is 0 Å². The molecule has 2 N–H and O–H groups in total. The van der Waals surface area contributed by atoms with Crippen molar-refractivity contribution in [2.45, 2.75) is 82.1 Å². The molecule has 0 aromatic carbocycles. The van der Waals surface area contributed by atoms with E-state index in [9.17, 15) is 4.79 Å². The third-order valence-electron chi connectivity index (χ3n) is 4.89. The third-order valence-corrected chi connectivity index (χ3v) is 4.89. The zero-order valence-electron chi connectivity index (χ0n) is 13.4. The van der Waals surface area contributed by atoms with Crippen LogP contribution in [-0.4, -0.2) is 44.5 Å². The molecule has 2 aliphatic carbocycles. The molecule has 0 unspecified atom stereocenters. The average Bonchev–Trinajstić information content (AvgIpc) is 2.72. The largest absolute Gasteiger partial charge is 0.379 e. The minimum absolute atomic E-state index is 0.0714. The Kier molecular flexibility index (Phi) is 6.77. The Labute approximate surface area is 128 Å². The topological polar surface area (TPSA) is 59.6 Å². The summed E-state index contributed by atoms with van der Waals surface area (Å²) in [6.45, 7) is 0. The van der Waals surface area contributed by atoms with Gasteiger partial charge in [0.1, 0.15) is 0 Å². The van der Waals surface area contributed by atoms with Gasteiger partial charge in [0, 0.05) is 14.2 Å². The van der Waals surface area contributed by atoms with Crippen LogP contribution < -0.4 is 10.6 Å². The summed E-state index contributed by atoms with van der Waals surface area (Å²) in [5.74, 6) is 0. The number of hydrogen-bond donors (Lipinski definition) is 2. The van der Waals surface area contributed by atoms with Crippen molar-refractivity contribution in [1.29, 1.82) is 0 Å². The van der Waals surface area contributed by atoms with E-state index in [-0.39, 0.29) is 30.3 Å².